The number of hydrogen-bond acceptors (Lipinski definition) is 5. The standard InChI is InChI=1S/C24H27N3O3/c1-17-22(14-19-6-9-21(29-3)15-23(19)25-17)24(28)26(2)16-18-4-7-20(8-5-18)27-10-12-30-13-11-27/h4-9,14-15H,10-13,16H2,1-3H3. The summed E-state index contributed by atoms with van der Waals surface area (Å²) in [4.78, 5) is 21.8. The van der Waals surface area contributed by atoms with Gasteiger partial charge in [0.05, 0.1) is 37.1 Å². The smallest absolute Gasteiger partial charge is 0.255 e. The van der Waals surface area contributed by atoms with Crippen LogP contribution in [0.3, 0.4) is 0 Å². The number of carbonyl (C=O) groups is 1. The minimum absolute atomic E-state index is 0.0324. The number of morpholine rings is 1. The van der Waals surface area contributed by atoms with Crippen LogP contribution in [0.5, 0.6) is 5.75 Å². The average molecular weight is 405 g/mol. The van der Waals surface area contributed by atoms with Gasteiger partial charge in [-0.3, -0.25) is 9.78 Å². The van der Waals surface area contributed by atoms with Gasteiger partial charge in [0.1, 0.15) is 5.75 Å². The molecule has 3 aromatic rings. The van der Waals surface area contributed by atoms with Crippen LogP contribution >= 0.6 is 0 Å². The Hall–Kier alpha value is -3.12. The number of carbonyl (C=O) groups excluding carboxylic acids is 1. The van der Waals surface area contributed by atoms with Gasteiger partial charge < -0.3 is 19.3 Å². The summed E-state index contributed by atoms with van der Waals surface area (Å²) in [7, 11) is 3.46. The van der Waals surface area contributed by atoms with E-state index in [2.05, 4.69) is 34.1 Å². The molecule has 2 aromatic carbocycles. The van der Waals surface area contributed by atoms with E-state index in [1.807, 2.05) is 38.2 Å². The second-order valence-electron chi connectivity index (χ2n) is 7.61. The van der Waals surface area contributed by atoms with E-state index < -0.39 is 0 Å². The van der Waals surface area contributed by atoms with Gasteiger partial charge in [-0.15, -0.1) is 0 Å². The van der Waals surface area contributed by atoms with Gasteiger partial charge in [-0.1, -0.05) is 12.1 Å². The summed E-state index contributed by atoms with van der Waals surface area (Å²) in [6.07, 6.45) is 0. The number of aryl methyl sites for hydroxylation is 1. The van der Waals surface area contributed by atoms with Crippen LogP contribution in [0.4, 0.5) is 5.69 Å². The van der Waals surface area contributed by atoms with Crippen LogP contribution < -0.4 is 9.64 Å². The second-order valence-corrected chi connectivity index (χ2v) is 7.61. The molecule has 30 heavy (non-hydrogen) atoms. The fraction of sp³-hybridized carbons (Fsp3) is 0.333. The van der Waals surface area contributed by atoms with Crippen LogP contribution in [0.25, 0.3) is 10.9 Å². The predicted octanol–water partition coefficient (Wildman–Crippen LogP) is 3.66. The van der Waals surface area contributed by atoms with Crippen molar-refractivity contribution in [2.45, 2.75) is 13.5 Å². The van der Waals surface area contributed by atoms with Crippen LogP contribution in [0.1, 0.15) is 21.6 Å². The van der Waals surface area contributed by atoms with E-state index in [0.29, 0.717) is 12.1 Å². The maximum Gasteiger partial charge on any atom is 0.255 e. The maximum atomic E-state index is 13.1. The number of fused-ring (bicyclic) bond motifs is 1. The average Bonchev–Trinajstić information content (AvgIpc) is 2.78. The number of pyridine rings is 1. The Morgan fingerprint density at radius 1 is 1.13 bits per heavy atom. The quantitative estimate of drug-likeness (QED) is 0.648. The number of nitrogens with zero attached hydrogens (tertiary/aromatic N) is 3. The first-order valence-electron chi connectivity index (χ1n) is 10.2. The molecule has 0 atom stereocenters. The number of ether oxygens (including phenoxy) is 2. The molecule has 0 N–H and O–H groups in total. The molecule has 6 nitrogen and oxygen atoms in total. The summed E-state index contributed by atoms with van der Waals surface area (Å²) in [5.74, 6) is 0.723. The molecule has 0 radical (unpaired) electrons. The maximum absolute atomic E-state index is 13.1. The number of amides is 1. The van der Waals surface area contributed by atoms with Crippen molar-refractivity contribution in [1.82, 2.24) is 9.88 Å². The summed E-state index contributed by atoms with van der Waals surface area (Å²) in [6.45, 7) is 5.78. The SMILES string of the molecule is COc1ccc2cc(C(=O)N(C)Cc3ccc(N4CCOCC4)cc3)c(C)nc2c1. The summed E-state index contributed by atoms with van der Waals surface area (Å²) < 4.78 is 10.7. The molecule has 1 aliphatic rings. The van der Waals surface area contributed by atoms with E-state index >= 15 is 0 Å². The lowest BCUT2D eigenvalue weighted by atomic mass is 10.1. The molecule has 0 saturated carbocycles. The van der Waals surface area contributed by atoms with Crippen molar-refractivity contribution in [1.29, 1.82) is 0 Å². The molecule has 4 rings (SSSR count). The van der Waals surface area contributed by atoms with Crippen molar-refractivity contribution in [2.24, 2.45) is 0 Å². The monoisotopic (exact) mass is 405 g/mol. The molecule has 0 aliphatic carbocycles. The second kappa shape index (κ2) is 8.71. The largest absolute Gasteiger partial charge is 0.497 e. The third-order valence-electron chi connectivity index (χ3n) is 5.52. The highest BCUT2D eigenvalue weighted by molar-refractivity contribution is 5.98. The molecular weight excluding hydrogens is 378 g/mol. The molecule has 1 saturated heterocycles. The normalized spacial score (nSPS) is 14.0. The van der Waals surface area contributed by atoms with Gasteiger partial charge in [0, 0.05) is 43.8 Å². The Morgan fingerprint density at radius 3 is 2.57 bits per heavy atom. The lowest BCUT2D eigenvalue weighted by molar-refractivity contribution is 0.0784. The van der Waals surface area contributed by atoms with Gasteiger partial charge >= 0.3 is 0 Å². The molecule has 2 heterocycles. The van der Waals surface area contributed by atoms with Crippen molar-refractivity contribution >= 4 is 22.5 Å². The molecule has 0 bridgehead atoms. The van der Waals surface area contributed by atoms with Crippen molar-refractivity contribution in [3.8, 4) is 5.75 Å². The molecule has 1 aromatic heterocycles. The molecule has 0 unspecified atom stereocenters. The first-order valence-corrected chi connectivity index (χ1v) is 10.2. The van der Waals surface area contributed by atoms with Crippen LogP contribution in [0.15, 0.2) is 48.5 Å². The summed E-state index contributed by atoms with van der Waals surface area (Å²) in [5.41, 5.74) is 4.46. The molecule has 6 heteroatoms. The molecule has 1 fully saturated rings. The minimum Gasteiger partial charge on any atom is -0.497 e. The van der Waals surface area contributed by atoms with E-state index in [-0.39, 0.29) is 5.91 Å². The highest BCUT2D eigenvalue weighted by atomic mass is 16.5. The number of rotatable bonds is 5. The third kappa shape index (κ3) is 4.24. The van der Waals surface area contributed by atoms with Crippen LogP contribution in [-0.4, -0.2) is 56.3 Å². The Kier molecular flexibility index (Phi) is 5.86. The Labute approximate surface area is 177 Å². The van der Waals surface area contributed by atoms with Crippen molar-refractivity contribution in [3.05, 3.63) is 65.4 Å². The van der Waals surface area contributed by atoms with Crippen molar-refractivity contribution in [2.75, 3.05) is 45.4 Å². The number of hydrogen-bond donors (Lipinski definition) is 0. The summed E-state index contributed by atoms with van der Waals surface area (Å²) >= 11 is 0. The molecule has 1 amide bonds. The van der Waals surface area contributed by atoms with Gasteiger partial charge in [-0.05, 0) is 42.8 Å². The molecule has 156 valence electrons. The van der Waals surface area contributed by atoms with E-state index in [1.165, 1.54) is 5.69 Å². The molecular formula is C24H27N3O3. The Morgan fingerprint density at radius 2 is 1.87 bits per heavy atom. The number of aromatic nitrogens is 1. The number of anilines is 1. The van der Waals surface area contributed by atoms with E-state index in [9.17, 15) is 4.79 Å². The number of methoxy groups -OCH3 is 1. The highest BCUT2D eigenvalue weighted by Gasteiger charge is 2.17. The van der Waals surface area contributed by atoms with Crippen molar-refractivity contribution < 1.29 is 14.3 Å². The summed E-state index contributed by atoms with van der Waals surface area (Å²) in [6, 6.07) is 16.0. The lowest BCUT2D eigenvalue weighted by Gasteiger charge is -2.29. The minimum atomic E-state index is -0.0324. The van der Waals surface area contributed by atoms with Crippen LogP contribution in [-0.2, 0) is 11.3 Å². The zero-order chi connectivity index (χ0) is 21.1. The third-order valence-corrected chi connectivity index (χ3v) is 5.52. The van der Waals surface area contributed by atoms with E-state index in [4.69, 9.17) is 9.47 Å². The topological polar surface area (TPSA) is 54.9 Å². The van der Waals surface area contributed by atoms with Gasteiger partial charge in [0.2, 0.25) is 0 Å². The first kappa shape index (κ1) is 20.2. The summed E-state index contributed by atoms with van der Waals surface area (Å²) in [5, 5.41) is 0.924. The first-order chi connectivity index (χ1) is 14.5. The van der Waals surface area contributed by atoms with Crippen LogP contribution in [0, 0.1) is 6.92 Å². The van der Waals surface area contributed by atoms with Crippen molar-refractivity contribution in [3.63, 3.8) is 0 Å². The fourth-order valence-electron chi connectivity index (χ4n) is 3.77. The number of benzene rings is 2. The predicted molar refractivity (Wildman–Crippen MR) is 118 cm³/mol. The van der Waals surface area contributed by atoms with E-state index in [1.54, 1.807) is 12.0 Å². The zero-order valence-corrected chi connectivity index (χ0v) is 17.7. The van der Waals surface area contributed by atoms with Gasteiger partial charge in [0.25, 0.3) is 5.91 Å². The molecule has 0 spiro atoms. The zero-order valence-electron chi connectivity index (χ0n) is 17.7. The highest BCUT2D eigenvalue weighted by Crippen LogP contribution is 2.23. The lowest BCUT2D eigenvalue weighted by Crippen LogP contribution is -2.36. The Balaban J connectivity index is 1.48. The van der Waals surface area contributed by atoms with Gasteiger partial charge in [0.15, 0.2) is 0 Å². The Bertz CT molecular complexity index is 1040. The van der Waals surface area contributed by atoms with Gasteiger partial charge in [-0.25, -0.2) is 0 Å². The van der Waals surface area contributed by atoms with Gasteiger partial charge in [-0.2, -0.15) is 0 Å². The fourth-order valence-corrected chi connectivity index (χ4v) is 3.77. The molecule has 1 aliphatic heterocycles. The van der Waals surface area contributed by atoms with Crippen LogP contribution in [0.2, 0.25) is 0 Å². The van der Waals surface area contributed by atoms with E-state index in [0.717, 1.165) is 54.2 Å².